The van der Waals surface area contributed by atoms with Gasteiger partial charge in [-0.05, 0) is 26.0 Å². The Morgan fingerprint density at radius 3 is 2.43 bits per heavy atom. The van der Waals surface area contributed by atoms with Crippen molar-refractivity contribution in [3.05, 3.63) is 42.0 Å². The summed E-state index contributed by atoms with van der Waals surface area (Å²) in [5, 5.41) is 3.98. The molecule has 0 aromatic carbocycles. The molecule has 28 heavy (non-hydrogen) atoms. The fourth-order valence-electron chi connectivity index (χ4n) is 3.24. The molecule has 0 unspecified atom stereocenters. The first kappa shape index (κ1) is 18.1. The lowest BCUT2D eigenvalue weighted by Crippen LogP contribution is -2.48. The Morgan fingerprint density at radius 1 is 1.04 bits per heavy atom. The topological polar surface area (TPSA) is 88.3 Å². The highest BCUT2D eigenvalue weighted by atomic mass is 16.5. The van der Waals surface area contributed by atoms with Crippen LogP contribution < -0.4 is 4.90 Å². The molecule has 4 rings (SSSR count). The van der Waals surface area contributed by atoms with Crippen molar-refractivity contribution in [2.75, 3.05) is 31.1 Å². The Balaban J connectivity index is 1.71. The number of amides is 1. The van der Waals surface area contributed by atoms with Crippen LogP contribution in [0, 0.1) is 13.8 Å². The number of nitrogens with zero attached hydrogens (tertiary/aromatic N) is 6. The van der Waals surface area contributed by atoms with Crippen molar-refractivity contribution in [2.24, 2.45) is 0 Å². The van der Waals surface area contributed by atoms with Crippen LogP contribution in [0.2, 0.25) is 0 Å². The molecule has 8 heteroatoms. The number of aryl methyl sites for hydroxylation is 2. The summed E-state index contributed by atoms with van der Waals surface area (Å²) < 4.78 is 5.45. The van der Waals surface area contributed by atoms with Crippen LogP contribution in [0.1, 0.15) is 18.3 Å². The molecule has 0 bridgehead atoms. The zero-order valence-electron chi connectivity index (χ0n) is 16.2. The van der Waals surface area contributed by atoms with Gasteiger partial charge < -0.3 is 14.3 Å². The lowest BCUT2D eigenvalue weighted by Gasteiger charge is -2.34. The maximum atomic E-state index is 11.6. The van der Waals surface area contributed by atoms with Crippen molar-refractivity contribution in [2.45, 2.75) is 20.8 Å². The van der Waals surface area contributed by atoms with E-state index in [1.165, 1.54) is 0 Å². The van der Waals surface area contributed by atoms with Gasteiger partial charge in [0, 0.05) is 62.8 Å². The van der Waals surface area contributed by atoms with Gasteiger partial charge >= 0.3 is 0 Å². The van der Waals surface area contributed by atoms with Crippen LogP contribution in [-0.2, 0) is 4.79 Å². The molecule has 0 radical (unpaired) electrons. The molecule has 1 aliphatic rings. The molecule has 0 atom stereocenters. The van der Waals surface area contributed by atoms with Gasteiger partial charge in [-0.1, -0.05) is 5.16 Å². The third-order valence-electron chi connectivity index (χ3n) is 4.86. The number of pyridine rings is 1. The molecule has 4 heterocycles. The van der Waals surface area contributed by atoms with E-state index in [-0.39, 0.29) is 5.91 Å². The van der Waals surface area contributed by atoms with Gasteiger partial charge in [-0.25, -0.2) is 9.97 Å². The molecule has 1 amide bonds. The van der Waals surface area contributed by atoms with E-state index in [1.54, 1.807) is 13.1 Å². The predicted octanol–water partition coefficient (Wildman–Crippen LogP) is 2.48. The highest BCUT2D eigenvalue weighted by Gasteiger charge is 2.22. The quantitative estimate of drug-likeness (QED) is 0.692. The van der Waals surface area contributed by atoms with Crippen molar-refractivity contribution in [3.8, 4) is 22.6 Å². The van der Waals surface area contributed by atoms with Gasteiger partial charge in [-0.2, -0.15) is 0 Å². The third kappa shape index (κ3) is 3.58. The summed E-state index contributed by atoms with van der Waals surface area (Å²) in [6.07, 6.45) is 3.58. The minimum absolute atomic E-state index is 0.100. The van der Waals surface area contributed by atoms with E-state index in [4.69, 9.17) is 9.51 Å². The predicted molar refractivity (Wildman–Crippen MR) is 105 cm³/mol. The average molecular weight is 378 g/mol. The smallest absolute Gasteiger partial charge is 0.226 e. The van der Waals surface area contributed by atoms with E-state index in [9.17, 15) is 4.79 Å². The summed E-state index contributed by atoms with van der Waals surface area (Å²) in [5.74, 6) is 1.36. The van der Waals surface area contributed by atoms with Crippen LogP contribution in [0.3, 0.4) is 0 Å². The maximum Gasteiger partial charge on any atom is 0.226 e. The highest BCUT2D eigenvalue weighted by Crippen LogP contribution is 2.31. The normalized spacial score (nSPS) is 14.4. The van der Waals surface area contributed by atoms with Gasteiger partial charge in [-0.15, -0.1) is 0 Å². The molecular formula is C20H22N6O2. The third-order valence-corrected chi connectivity index (χ3v) is 4.86. The van der Waals surface area contributed by atoms with Crippen molar-refractivity contribution in [1.82, 2.24) is 25.0 Å². The molecular weight excluding hydrogens is 356 g/mol. The Hall–Kier alpha value is -3.29. The molecule has 0 N–H and O–H groups in total. The highest BCUT2D eigenvalue weighted by molar-refractivity contribution is 5.78. The summed E-state index contributed by atoms with van der Waals surface area (Å²) in [4.78, 5) is 29.3. The second-order valence-electron chi connectivity index (χ2n) is 6.95. The van der Waals surface area contributed by atoms with Crippen LogP contribution in [0.4, 0.5) is 5.95 Å². The van der Waals surface area contributed by atoms with Gasteiger partial charge in [0.15, 0.2) is 5.76 Å². The molecule has 1 aliphatic heterocycles. The van der Waals surface area contributed by atoms with E-state index < -0.39 is 0 Å². The number of anilines is 1. The minimum atomic E-state index is 0.100. The summed E-state index contributed by atoms with van der Waals surface area (Å²) in [7, 11) is 0. The van der Waals surface area contributed by atoms with Crippen molar-refractivity contribution in [1.29, 1.82) is 0 Å². The van der Waals surface area contributed by atoms with Gasteiger partial charge in [0.25, 0.3) is 0 Å². The van der Waals surface area contributed by atoms with E-state index in [1.807, 2.05) is 43.1 Å². The summed E-state index contributed by atoms with van der Waals surface area (Å²) in [6.45, 7) is 8.17. The molecule has 0 aliphatic carbocycles. The lowest BCUT2D eigenvalue weighted by atomic mass is 10.1. The zero-order chi connectivity index (χ0) is 19.7. The number of carbonyl (C=O) groups excluding carboxylic acids is 1. The number of rotatable bonds is 3. The first-order valence-corrected chi connectivity index (χ1v) is 9.25. The molecule has 0 spiro atoms. The fraction of sp³-hybridized carbons (Fsp3) is 0.350. The van der Waals surface area contributed by atoms with E-state index in [0.29, 0.717) is 37.9 Å². The summed E-state index contributed by atoms with van der Waals surface area (Å²) >= 11 is 0. The van der Waals surface area contributed by atoms with Gasteiger partial charge in [-0.3, -0.25) is 9.78 Å². The largest absolute Gasteiger partial charge is 0.356 e. The van der Waals surface area contributed by atoms with Crippen molar-refractivity contribution < 1.29 is 9.32 Å². The van der Waals surface area contributed by atoms with Crippen molar-refractivity contribution >= 4 is 11.9 Å². The molecule has 3 aromatic rings. The summed E-state index contributed by atoms with van der Waals surface area (Å²) in [6, 6.07) is 5.82. The first-order chi connectivity index (χ1) is 13.5. The van der Waals surface area contributed by atoms with E-state index >= 15 is 0 Å². The Morgan fingerprint density at radius 2 is 1.82 bits per heavy atom. The zero-order valence-corrected chi connectivity index (χ0v) is 16.2. The van der Waals surface area contributed by atoms with Crippen LogP contribution in [0.25, 0.3) is 22.6 Å². The number of hydrogen-bond acceptors (Lipinski definition) is 7. The Kier molecular flexibility index (Phi) is 4.77. The average Bonchev–Trinajstić information content (AvgIpc) is 3.14. The van der Waals surface area contributed by atoms with E-state index in [2.05, 4.69) is 20.0 Å². The molecule has 1 fully saturated rings. The Bertz CT molecular complexity index is 990. The molecule has 0 saturated carbocycles. The van der Waals surface area contributed by atoms with Gasteiger partial charge in [0.1, 0.15) is 0 Å². The van der Waals surface area contributed by atoms with Gasteiger partial charge in [0.05, 0.1) is 17.0 Å². The minimum Gasteiger partial charge on any atom is -0.356 e. The van der Waals surface area contributed by atoms with Crippen LogP contribution in [0.15, 0.2) is 35.1 Å². The molecule has 1 saturated heterocycles. The van der Waals surface area contributed by atoms with E-state index in [0.717, 1.165) is 28.2 Å². The van der Waals surface area contributed by atoms with Crippen LogP contribution >= 0.6 is 0 Å². The SMILES string of the molecule is CC(=O)N1CCN(c2ncc(-c3cc(C)no3)c(-c3ccc(C)nc3)n2)CC1. The molecule has 3 aromatic heterocycles. The number of carbonyl (C=O) groups is 1. The van der Waals surface area contributed by atoms with Crippen LogP contribution in [-0.4, -0.2) is 57.1 Å². The molecule has 8 nitrogen and oxygen atoms in total. The molecule has 144 valence electrons. The number of hydrogen-bond donors (Lipinski definition) is 0. The number of aromatic nitrogens is 4. The van der Waals surface area contributed by atoms with Crippen molar-refractivity contribution in [3.63, 3.8) is 0 Å². The monoisotopic (exact) mass is 378 g/mol. The maximum absolute atomic E-state index is 11.6. The number of piperazine rings is 1. The van der Waals surface area contributed by atoms with Gasteiger partial charge in [0.2, 0.25) is 11.9 Å². The first-order valence-electron chi connectivity index (χ1n) is 9.25. The second-order valence-corrected chi connectivity index (χ2v) is 6.95. The van der Waals surface area contributed by atoms with Crippen LogP contribution in [0.5, 0.6) is 0 Å². The fourth-order valence-corrected chi connectivity index (χ4v) is 3.24. The standard InChI is InChI=1S/C20H22N6O2/c1-13-4-5-16(11-21-13)19-17(18-10-14(2)24-28-18)12-22-20(23-19)26-8-6-25(7-9-26)15(3)27/h4-5,10-12H,6-9H2,1-3H3. The second kappa shape index (κ2) is 7.38. The Labute approximate surface area is 163 Å². The summed E-state index contributed by atoms with van der Waals surface area (Å²) in [5.41, 5.74) is 4.16. The lowest BCUT2D eigenvalue weighted by molar-refractivity contribution is -0.129.